The summed E-state index contributed by atoms with van der Waals surface area (Å²) >= 11 is 1.08. The number of carbonyl (C=O) groups excluding carboxylic acids is 2. The fraction of sp³-hybridized carbons (Fsp3) is 0.118. The lowest BCUT2D eigenvalue weighted by molar-refractivity contribution is -0.134. The summed E-state index contributed by atoms with van der Waals surface area (Å²) in [6, 6.07) is 15.3. The van der Waals surface area contributed by atoms with Gasteiger partial charge >= 0.3 is 5.97 Å². The minimum absolute atomic E-state index is 0.113. The molecule has 110 valence electrons. The predicted molar refractivity (Wildman–Crippen MR) is 83.7 cm³/mol. The topological polar surface area (TPSA) is 67.2 Å². The van der Waals surface area contributed by atoms with Gasteiger partial charge in [-0.2, -0.15) is 5.26 Å². The number of ether oxygens (including phenoxy) is 1. The van der Waals surface area contributed by atoms with E-state index in [2.05, 4.69) is 0 Å². The van der Waals surface area contributed by atoms with Gasteiger partial charge in [-0.25, -0.2) is 0 Å². The van der Waals surface area contributed by atoms with Gasteiger partial charge in [0.05, 0.1) is 11.6 Å². The largest absolute Gasteiger partial charge is 0.427 e. The Bertz CT molecular complexity index is 715. The number of rotatable bonds is 4. The molecule has 0 fully saturated rings. The Kier molecular flexibility index (Phi) is 5.34. The van der Waals surface area contributed by atoms with Gasteiger partial charge in [0.25, 0.3) is 0 Å². The number of hydrogen-bond acceptors (Lipinski definition) is 5. The molecule has 2 aromatic carbocycles. The highest BCUT2D eigenvalue weighted by Crippen LogP contribution is 2.24. The number of nitriles is 1. The summed E-state index contributed by atoms with van der Waals surface area (Å²) in [5.41, 5.74) is 1.07. The van der Waals surface area contributed by atoms with Gasteiger partial charge in [0.15, 0.2) is 0 Å². The average Bonchev–Trinajstić information content (AvgIpc) is 2.56. The Morgan fingerprint density at radius 2 is 1.73 bits per heavy atom. The predicted octanol–water partition coefficient (Wildman–Crippen LogP) is 3.81. The number of thioether (sulfide) groups is 1. The van der Waals surface area contributed by atoms with Crippen LogP contribution in [0.1, 0.15) is 29.3 Å². The van der Waals surface area contributed by atoms with E-state index < -0.39 is 0 Å². The zero-order chi connectivity index (χ0) is 15.9. The van der Waals surface area contributed by atoms with Crippen LogP contribution in [0.15, 0.2) is 53.4 Å². The van der Waals surface area contributed by atoms with Crippen molar-refractivity contribution in [3.05, 3.63) is 59.7 Å². The molecule has 0 aliphatic carbocycles. The average molecular weight is 311 g/mol. The lowest BCUT2D eigenvalue weighted by Crippen LogP contribution is -2.05. The van der Waals surface area contributed by atoms with E-state index in [1.165, 1.54) is 0 Å². The first kappa shape index (κ1) is 15.8. The Morgan fingerprint density at radius 1 is 1.09 bits per heavy atom. The normalized spacial score (nSPS) is 9.82. The minimum atomic E-state index is -0.314. The van der Waals surface area contributed by atoms with Crippen LogP contribution in [0, 0.1) is 11.3 Å². The molecule has 0 saturated carbocycles. The highest BCUT2D eigenvalue weighted by atomic mass is 32.2. The maximum absolute atomic E-state index is 12.1. The zero-order valence-electron chi connectivity index (χ0n) is 11.9. The molecule has 0 radical (unpaired) electrons. The molecule has 0 heterocycles. The van der Waals surface area contributed by atoms with Gasteiger partial charge in [0.2, 0.25) is 5.12 Å². The van der Waals surface area contributed by atoms with Gasteiger partial charge in [0, 0.05) is 16.9 Å². The van der Waals surface area contributed by atoms with Gasteiger partial charge in [-0.15, -0.1) is 0 Å². The van der Waals surface area contributed by atoms with Gasteiger partial charge in [-0.3, -0.25) is 9.59 Å². The molecule has 5 heteroatoms. The van der Waals surface area contributed by atoms with E-state index in [1.807, 2.05) is 6.07 Å². The number of hydrogen-bond donors (Lipinski definition) is 0. The summed E-state index contributed by atoms with van der Waals surface area (Å²) in [5.74, 6) is 0.109. The van der Waals surface area contributed by atoms with Crippen LogP contribution in [0.3, 0.4) is 0 Å². The van der Waals surface area contributed by atoms with Crippen molar-refractivity contribution in [2.45, 2.75) is 18.2 Å². The molecule has 0 amide bonds. The standard InChI is InChI=1S/C17H13NO3S/c1-2-16(19)21-14-7-5-13(6-8-14)17(20)22-15-9-3-12(11-18)4-10-15/h3-10H,2H2,1H3. The molecule has 0 atom stereocenters. The van der Waals surface area contributed by atoms with E-state index in [0.29, 0.717) is 23.3 Å². The SMILES string of the molecule is CCC(=O)Oc1ccc(C(=O)Sc2ccc(C#N)cc2)cc1. The van der Waals surface area contributed by atoms with Crippen LogP contribution in [-0.4, -0.2) is 11.1 Å². The Hall–Kier alpha value is -2.58. The van der Waals surface area contributed by atoms with Crippen LogP contribution in [0.2, 0.25) is 0 Å². The lowest BCUT2D eigenvalue weighted by Gasteiger charge is -2.04. The van der Waals surface area contributed by atoms with Crippen LogP contribution in [0.4, 0.5) is 0 Å². The molecule has 4 nitrogen and oxygen atoms in total. The summed E-state index contributed by atoms with van der Waals surface area (Å²) in [7, 11) is 0. The summed E-state index contributed by atoms with van der Waals surface area (Å²) < 4.78 is 5.05. The molecule has 0 unspecified atom stereocenters. The second-order valence-corrected chi connectivity index (χ2v) is 5.42. The first-order valence-corrected chi connectivity index (χ1v) is 7.47. The third kappa shape index (κ3) is 4.21. The molecule has 22 heavy (non-hydrogen) atoms. The van der Waals surface area contributed by atoms with Gasteiger partial charge < -0.3 is 4.74 Å². The Balaban J connectivity index is 2.03. The van der Waals surface area contributed by atoms with Crippen molar-refractivity contribution in [3.63, 3.8) is 0 Å². The number of carbonyl (C=O) groups is 2. The summed E-state index contributed by atoms with van der Waals surface area (Å²) in [6.45, 7) is 1.72. The van der Waals surface area contributed by atoms with E-state index in [-0.39, 0.29) is 11.1 Å². The van der Waals surface area contributed by atoms with Gasteiger partial charge in [-0.05, 0) is 60.3 Å². The van der Waals surface area contributed by atoms with Crippen LogP contribution >= 0.6 is 11.8 Å². The summed E-state index contributed by atoms with van der Waals surface area (Å²) in [5, 5.41) is 8.62. The second-order valence-electron chi connectivity index (χ2n) is 4.38. The zero-order valence-corrected chi connectivity index (χ0v) is 12.7. The quantitative estimate of drug-likeness (QED) is 0.488. The molecular formula is C17H13NO3S. The van der Waals surface area contributed by atoms with E-state index in [0.717, 1.165) is 16.7 Å². The van der Waals surface area contributed by atoms with E-state index >= 15 is 0 Å². The number of benzene rings is 2. The van der Waals surface area contributed by atoms with Crippen molar-refractivity contribution in [3.8, 4) is 11.8 Å². The fourth-order valence-corrected chi connectivity index (χ4v) is 2.37. The summed E-state index contributed by atoms with van der Waals surface area (Å²) in [6.07, 6.45) is 0.301. The van der Waals surface area contributed by atoms with E-state index in [9.17, 15) is 9.59 Å². The van der Waals surface area contributed by atoms with Crippen LogP contribution in [0.5, 0.6) is 5.75 Å². The second kappa shape index (κ2) is 7.43. The third-order valence-electron chi connectivity index (χ3n) is 2.80. The van der Waals surface area contributed by atoms with Crippen molar-refractivity contribution in [1.82, 2.24) is 0 Å². The first-order chi connectivity index (χ1) is 10.6. The van der Waals surface area contributed by atoms with Gasteiger partial charge in [-0.1, -0.05) is 6.92 Å². The molecular weight excluding hydrogens is 298 g/mol. The lowest BCUT2D eigenvalue weighted by atomic mass is 10.2. The first-order valence-electron chi connectivity index (χ1n) is 6.65. The molecule has 0 aromatic heterocycles. The highest BCUT2D eigenvalue weighted by Gasteiger charge is 2.09. The smallest absolute Gasteiger partial charge is 0.310 e. The van der Waals surface area contributed by atoms with Crippen molar-refractivity contribution < 1.29 is 14.3 Å². The molecule has 0 saturated heterocycles. The van der Waals surface area contributed by atoms with Crippen molar-refractivity contribution in [2.24, 2.45) is 0 Å². The fourth-order valence-electron chi connectivity index (χ4n) is 1.63. The van der Waals surface area contributed by atoms with Gasteiger partial charge in [0.1, 0.15) is 5.75 Å². The Morgan fingerprint density at radius 3 is 2.27 bits per heavy atom. The highest BCUT2D eigenvalue weighted by molar-refractivity contribution is 8.14. The molecule has 0 bridgehead atoms. The molecule has 0 spiro atoms. The number of nitrogens with zero attached hydrogens (tertiary/aromatic N) is 1. The van der Waals surface area contributed by atoms with Crippen molar-refractivity contribution in [1.29, 1.82) is 5.26 Å². The van der Waals surface area contributed by atoms with Crippen molar-refractivity contribution in [2.75, 3.05) is 0 Å². The monoisotopic (exact) mass is 311 g/mol. The van der Waals surface area contributed by atoms with E-state index in [1.54, 1.807) is 55.5 Å². The molecule has 0 aliphatic rings. The maximum Gasteiger partial charge on any atom is 0.310 e. The molecule has 2 rings (SSSR count). The maximum atomic E-state index is 12.1. The Labute approximate surface area is 132 Å². The van der Waals surface area contributed by atoms with Crippen LogP contribution in [0.25, 0.3) is 0 Å². The summed E-state index contributed by atoms with van der Waals surface area (Å²) in [4.78, 5) is 24.1. The van der Waals surface area contributed by atoms with E-state index in [4.69, 9.17) is 10.00 Å². The minimum Gasteiger partial charge on any atom is -0.427 e. The molecule has 0 N–H and O–H groups in total. The van der Waals surface area contributed by atoms with Crippen molar-refractivity contribution >= 4 is 22.8 Å². The molecule has 2 aromatic rings. The van der Waals surface area contributed by atoms with Crippen LogP contribution in [-0.2, 0) is 4.79 Å². The third-order valence-corrected chi connectivity index (χ3v) is 3.73. The van der Waals surface area contributed by atoms with Crippen LogP contribution < -0.4 is 4.74 Å². The number of esters is 1. The molecule has 0 aliphatic heterocycles.